The van der Waals surface area contributed by atoms with Crippen LogP contribution < -0.4 is 4.74 Å². The third-order valence-electron chi connectivity index (χ3n) is 5.11. The molecule has 1 atom stereocenters. The van der Waals surface area contributed by atoms with Crippen LogP contribution in [0, 0.1) is 0 Å². The van der Waals surface area contributed by atoms with Gasteiger partial charge >= 0.3 is 5.97 Å². The summed E-state index contributed by atoms with van der Waals surface area (Å²) in [7, 11) is 1.65. The quantitative estimate of drug-likeness (QED) is 0.262. The third-order valence-corrected chi connectivity index (χ3v) is 5.11. The molecule has 0 saturated heterocycles. The van der Waals surface area contributed by atoms with Crippen LogP contribution in [-0.4, -0.2) is 41.9 Å². The fourth-order valence-electron chi connectivity index (χ4n) is 3.16. The molecule has 0 bridgehead atoms. The second kappa shape index (κ2) is 13.4. The van der Waals surface area contributed by atoms with Gasteiger partial charge < -0.3 is 23.5 Å². The van der Waals surface area contributed by atoms with Crippen LogP contribution in [0.4, 0.5) is 0 Å². The molecule has 7 heteroatoms. The van der Waals surface area contributed by atoms with Crippen LogP contribution in [0.15, 0.2) is 67.3 Å². The monoisotopic (exact) mass is 452 g/mol. The van der Waals surface area contributed by atoms with Crippen molar-refractivity contribution in [3.63, 3.8) is 0 Å². The number of carbonyl (C=O) groups excluding carboxylic acids is 1. The summed E-state index contributed by atoms with van der Waals surface area (Å²) in [6, 6.07) is 15.1. The van der Waals surface area contributed by atoms with E-state index in [0.29, 0.717) is 38.5 Å². The first-order chi connectivity index (χ1) is 16.2. The summed E-state index contributed by atoms with van der Waals surface area (Å²) >= 11 is 0. The number of esters is 1. The van der Waals surface area contributed by atoms with E-state index in [0.717, 1.165) is 29.7 Å². The predicted octanol–water partition coefficient (Wildman–Crippen LogP) is 4.65. The largest absolute Gasteiger partial charge is 0.497 e. The Hall–Kier alpha value is -3.16. The summed E-state index contributed by atoms with van der Waals surface area (Å²) in [5.41, 5.74) is 2.59. The molecule has 176 valence electrons. The average Bonchev–Trinajstić information content (AvgIpc) is 3.36. The van der Waals surface area contributed by atoms with Crippen molar-refractivity contribution in [2.45, 2.75) is 45.6 Å². The van der Waals surface area contributed by atoms with Gasteiger partial charge in [-0.25, -0.2) is 9.78 Å². The summed E-state index contributed by atoms with van der Waals surface area (Å²) in [6.45, 7) is 4.48. The number of rotatable bonds is 14. The Morgan fingerprint density at radius 1 is 1.03 bits per heavy atom. The summed E-state index contributed by atoms with van der Waals surface area (Å²) in [6.07, 6.45) is 7.12. The van der Waals surface area contributed by atoms with E-state index in [2.05, 4.69) is 11.9 Å². The molecule has 1 unspecified atom stereocenters. The first kappa shape index (κ1) is 24.5. The standard InChI is InChI=1S/C26H32N2O5/c1-3-4-15-32-26(29)23-9-5-22(6-10-23)18-33-25(16-28-14-13-27-20-28)19-31-17-21-7-11-24(30-2)12-8-21/h5-14,20,25H,3-4,15-19H2,1-2H3. The molecule has 2 aromatic carbocycles. The molecule has 7 nitrogen and oxygen atoms in total. The maximum absolute atomic E-state index is 12.1. The molecule has 0 spiro atoms. The highest BCUT2D eigenvalue weighted by Crippen LogP contribution is 2.13. The number of nitrogens with zero attached hydrogens (tertiary/aromatic N) is 2. The minimum Gasteiger partial charge on any atom is -0.497 e. The fraction of sp³-hybridized carbons (Fsp3) is 0.385. The average molecular weight is 453 g/mol. The van der Waals surface area contributed by atoms with Gasteiger partial charge in [0.05, 0.1) is 58.1 Å². The third kappa shape index (κ3) is 8.36. The van der Waals surface area contributed by atoms with Crippen LogP contribution in [0.5, 0.6) is 5.75 Å². The molecule has 0 fully saturated rings. The maximum Gasteiger partial charge on any atom is 0.338 e. The van der Waals surface area contributed by atoms with E-state index in [1.165, 1.54) is 0 Å². The van der Waals surface area contributed by atoms with Gasteiger partial charge in [0.2, 0.25) is 0 Å². The molecule has 0 aliphatic carbocycles. The number of benzene rings is 2. The zero-order valence-corrected chi connectivity index (χ0v) is 19.3. The van der Waals surface area contributed by atoms with Crippen LogP contribution in [-0.2, 0) is 34.0 Å². The van der Waals surface area contributed by atoms with Crippen LogP contribution in [0.2, 0.25) is 0 Å². The van der Waals surface area contributed by atoms with Crippen molar-refractivity contribution in [3.05, 3.63) is 83.9 Å². The zero-order chi connectivity index (χ0) is 23.3. The van der Waals surface area contributed by atoms with Gasteiger partial charge in [0.1, 0.15) is 5.75 Å². The molecule has 1 aromatic heterocycles. The van der Waals surface area contributed by atoms with Crippen molar-refractivity contribution in [2.24, 2.45) is 0 Å². The molecule has 0 amide bonds. The minimum absolute atomic E-state index is 0.156. The van der Waals surface area contributed by atoms with Gasteiger partial charge in [-0.2, -0.15) is 0 Å². The zero-order valence-electron chi connectivity index (χ0n) is 19.3. The molecule has 3 rings (SSSR count). The predicted molar refractivity (Wildman–Crippen MR) is 125 cm³/mol. The van der Waals surface area contributed by atoms with Gasteiger partial charge in [-0.3, -0.25) is 0 Å². The molecule has 0 aliphatic heterocycles. The van der Waals surface area contributed by atoms with Crippen LogP contribution in [0.1, 0.15) is 41.3 Å². The van der Waals surface area contributed by atoms with Crippen LogP contribution >= 0.6 is 0 Å². The number of ether oxygens (including phenoxy) is 4. The van der Waals surface area contributed by atoms with E-state index in [1.807, 2.05) is 47.2 Å². The maximum atomic E-state index is 12.1. The van der Waals surface area contributed by atoms with E-state index in [9.17, 15) is 4.79 Å². The highest BCUT2D eigenvalue weighted by atomic mass is 16.5. The van der Waals surface area contributed by atoms with Gasteiger partial charge in [-0.05, 0) is 41.8 Å². The molecule has 0 aliphatic rings. The van der Waals surface area contributed by atoms with Crippen molar-refractivity contribution in [1.29, 1.82) is 0 Å². The highest BCUT2D eigenvalue weighted by molar-refractivity contribution is 5.89. The van der Waals surface area contributed by atoms with E-state index in [4.69, 9.17) is 18.9 Å². The lowest BCUT2D eigenvalue weighted by atomic mass is 10.1. The van der Waals surface area contributed by atoms with Crippen molar-refractivity contribution >= 4 is 5.97 Å². The molecule has 0 N–H and O–H groups in total. The number of unbranched alkanes of at least 4 members (excludes halogenated alkanes) is 1. The number of methoxy groups -OCH3 is 1. The Balaban J connectivity index is 1.51. The van der Waals surface area contributed by atoms with Gasteiger partial charge in [0.15, 0.2) is 0 Å². The van der Waals surface area contributed by atoms with Crippen molar-refractivity contribution in [3.8, 4) is 5.75 Å². The molecule has 3 aromatic rings. The number of imidazole rings is 1. The molecular weight excluding hydrogens is 420 g/mol. The van der Waals surface area contributed by atoms with Gasteiger partial charge in [0.25, 0.3) is 0 Å². The molecule has 0 saturated carbocycles. The Morgan fingerprint density at radius 3 is 2.42 bits per heavy atom. The van der Waals surface area contributed by atoms with Crippen molar-refractivity contribution in [2.75, 3.05) is 20.3 Å². The SMILES string of the molecule is CCCCOC(=O)c1ccc(COC(COCc2ccc(OC)cc2)Cn2ccnc2)cc1. The number of hydrogen-bond acceptors (Lipinski definition) is 6. The highest BCUT2D eigenvalue weighted by Gasteiger charge is 2.12. The van der Waals surface area contributed by atoms with E-state index in [-0.39, 0.29) is 12.1 Å². The Labute approximate surface area is 195 Å². The van der Waals surface area contributed by atoms with Gasteiger partial charge in [-0.15, -0.1) is 0 Å². The minimum atomic E-state index is -0.291. The smallest absolute Gasteiger partial charge is 0.338 e. The lowest BCUT2D eigenvalue weighted by molar-refractivity contribution is -0.0373. The van der Waals surface area contributed by atoms with Gasteiger partial charge in [-0.1, -0.05) is 37.6 Å². The topological polar surface area (TPSA) is 71.8 Å². The normalized spacial score (nSPS) is 11.8. The second-order valence-corrected chi connectivity index (χ2v) is 7.74. The molecule has 0 radical (unpaired) electrons. The Bertz CT molecular complexity index is 940. The van der Waals surface area contributed by atoms with Crippen LogP contribution in [0.3, 0.4) is 0 Å². The number of hydrogen-bond donors (Lipinski definition) is 0. The molecule has 33 heavy (non-hydrogen) atoms. The summed E-state index contributed by atoms with van der Waals surface area (Å²) in [4.78, 5) is 16.2. The van der Waals surface area contributed by atoms with Gasteiger partial charge in [0, 0.05) is 12.4 Å². The first-order valence-corrected chi connectivity index (χ1v) is 11.2. The number of carbonyl (C=O) groups is 1. The van der Waals surface area contributed by atoms with E-state index in [1.54, 1.807) is 31.8 Å². The summed E-state index contributed by atoms with van der Waals surface area (Å²) in [5, 5.41) is 0. The summed E-state index contributed by atoms with van der Waals surface area (Å²) in [5.74, 6) is 0.529. The van der Waals surface area contributed by atoms with E-state index < -0.39 is 0 Å². The van der Waals surface area contributed by atoms with Crippen molar-refractivity contribution in [1.82, 2.24) is 9.55 Å². The lowest BCUT2D eigenvalue weighted by Crippen LogP contribution is -2.25. The lowest BCUT2D eigenvalue weighted by Gasteiger charge is -2.19. The fourth-order valence-corrected chi connectivity index (χ4v) is 3.16. The molecular formula is C26H32N2O5. The Kier molecular flexibility index (Phi) is 9.94. The first-order valence-electron chi connectivity index (χ1n) is 11.2. The summed E-state index contributed by atoms with van der Waals surface area (Å²) < 4.78 is 24.5. The Morgan fingerprint density at radius 2 is 1.76 bits per heavy atom. The van der Waals surface area contributed by atoms with Crippen molar-refractivity contribution < 1.29 is 23.7 Å². The molecule has 1 heterocycles. The van der Waals surface area contributed by atoms with Crippen LogP contribution in [0.25, 0.3) is 0 Å². The number of aromatic nitrogens is 2. The second-order valence-electron chi connectivity index (χ2n) is 7.74. The van der Waals surface area contributed by atoms with E-state index >= 15 is 0 Å².